The predicted octanol–water partition coefficient (Wildman–Crippen LogP) is 5.22. The third-order valence-electron chi connectivity index (χ3n) is 4.96. The van der Waals surface area contributed by atoms with Crippen LogP contribution in [0, 0.1) is 17.0 Å². The molecule has 0 aliphatic carbocycles. The number of benzene rings is 1. The quantitative estimate of drug-likeness (QED) is 0.524. The first kappa shape index (κ1) is 19.1. The Hall–Kier alpha value is -2.67. The number of nitrogens with one attached hydrogen (secondary N) is 1. The van der Waals surface area contributed by atoms with E-state index in [1.165, 1.54) is 12.1 Å². The molecule has 1 aliphatic rings. The molecule has 142 valence electrons. The maximum absolute atomic E-state index is 12.1. The number of rotatable bonds is 6. The molecular weight excluding hydrogens is 364 g/mol. The lowest BCUT2D eigenvalue weighted by Crippen LogP contribution is -2.22. The number of aliphatic carboxylic acids is 1. The van der Waals surface area contributed by atoms with Crippen LogP contribution in [0.1, 0.15) is 54.2 Å². The number of carboxylic acids is 1. The average Bonchev–Trinajstić information content (AvgIpc) is 2.93. The van der Waals surface area contributed by atoms with Gasteiger partial charge in [-0.05, 0) is 37.8 Å². The smallest absolute Gasteiger partial charge is 0.334 e. The highest BCUT2D eigenvalue weighted by atomic mass is 32.1. The van der Waals surface area contributed by atoms with E-state index in [-0.39, 0.29) is 11.3 Å². The number of non-ortho nitro benzene ring substituents is 1. The number of hydrogen-bond donors (Lipinski definition) is 2. The van der Waals surface area contributed by atoms with Crippen LogP contribution in [-0.2, 0) is 11.2 Å². The van der Waals surface area contributed by atoms with Crippen molar-refractivity contribution in [2.24, 2.45) is 0 Å². The Morgan fingerprint density at radius 1 is 1.37 bits per heavy atom. The summed E-state index contributed by atoms with van der Waals surface area (Å²) in [7, 11) is 0. The van der Waals surface area contributed by atoms with Gasteiger partial charge in [0.05, 0.1) is 15.5 Å². The van der Waals surface area contributed by atoms with Gasteiger partial charge in [0, 0.05) is 34.2 Å². The number of unbranched alkanes of at least 4 members (excludes halogenated alkanes) is 1. The molecule has 2 N–H and O–H groups in total. The lowest BCUT2D eigenvalue weighted by Gasteiger charge is -2.28. The number of nitro groups is 1. The van der Waals surface area contributed by atoms with Gasteiger partial charge in [0.15, 0.2) is 0 Å². The molecule has 27 heavy (non-hydrogen) atoms. The van der Waals surface area contributed by atoms with E-state index in [9.17, 15) is 20.0 Å². The van der Waals surface area contributed by atoms with Crippen molar-refractivity contribution in [3.8, 4) is 0 Å². The molecule has 0 saturated heterocycles. The normalized spacial score (nSPS) is 16.0. The molecule has 1 unspecified atom stereocenters. The second-order valence-corrected chi connectivity index (χ2v) is 7.96. The van der Waals surface area contributed by atoms with Gasteiger partial charge in [0.1, 0.15) is 0 Å². The average molecular weight is 386 g/mol. The Labute approximate surface area is 161 Å². The third kappa shape index (κ3) is 3.47. The third-order valence-corrected chi connectivity index (χ3v) is 6.04. The summed E-state index contributed by atoms with van der Waals surface area (Å²) in [6, 6.07) is 6.32. The highest BCUT2D eigenvalue weighted by Gasteiger charge is 2.36. The molecule has 2 aromatic rings. The van der Waals surface area contributed by atoms with Crippen LogP contribution in [0.4, 0.5) is 10.7 Å². The number of allylic oxidation sites excluding steroid dienone is 1. The van der Waals surface area contributed by atoms with Crippen LogP contribution in [0.3, 0.4) is 0 Å². The van der Waals surface area contributed by atoms with Crippen molar-refractivity contribution in [1.29, 1.82) is 0 Å². The number of thiophene rings is 1. The van der Waals surface area contributed by atoms with E-state index in [2.05, 4.69) is 19.2 Å². The maximum Gasteiger partial charge on any atom is 0.334 e. The zero-order chi connectivity index (χ0) is 19.7. The van der Waals surface area contributed by atoms with Crippen molar-refractivity contribution in [2.45, 2.75) is 46.0 Å². The van der Waals surface area contributed by atoms with Crippen molar-refractivity contribution in [3.63, 3.8) is 0 Å². The van der Waals surface area contributed by atoms with E-state index in [1.807, 2.05) is 0 Å². The Morgan fingerprint density at radius 3 is 2.74 bits per heavy atom. The molecule has 6 nitrogen and oxygen atoms in total. The molecule has 1 aliphatic heterocycles. The summed E-state index contributed by atoms with van der Waals surface area (Å²) in [5.41, 5.74) is 3.55. The minimum absolute atomic E-state index is 0.0305. The van der Waals surface area contributed by atoms with Gasteiger partial charge in [-0.3, -0.25) is 10.1 Å². The van der Waals surface area contributed by atoms with Crippen LogP contribution in [-0.4, -0.2) is 16.0 Å². The molecule has 7 heteroatoms. The lowest BCUT2D eigenvalue weighted by atomic mass is 9.80. The number of nitro benzene ring substituents is 1. The first-order chi connectivity index (χ1) is 12.8. The minimum Gasteiger partial charge on any atom is -0.478 e. The van der Waals surface area contributed by atoms with E-state index < -0.39 is 16.8 Å². The fourth-order valence-electron chi connectivity index (χ4n) is 3.69. The van der Waals surface area contributed by atoms with Crippen molar-refractivity contribution in [1.82, 2.24) is 0 Å². The standard InChI is InChI=1S/C20H22N2O4S/c1-4-5-9-15-12(3)27-19-18(15)17(16(20(23)24)11(2)21-19)13-7-6-8-14(10-13)22(25)26/h6-8,10,17,21H,4-5,9H2,1-3H3,(H,23,24). The molecule has 3 rings (SSSR count). The van der Waals surface area contributed by atoms with Crippen LogP contribution in [0.15, 0.2) is 35.5 Å². The molecular formula is C20H22N2O4S. The van der Waals surface area contributed by atoms with E-state index in [0.717, 1.165) is 40.3 Å². The van der Waals surface area contributed by atoms with E-state index in [1.54, 1.807) is 30.4 Å². The molecule has 0 saturated carbocycles. The zero-order valence-electron chi connectivity index (χ0n) is 15.5. The van der Waals surface area contributed by atoms with Crippen molar-refractivity contribution in [3.05, 3.63) is 67.2 Å². The van der Waals surface area contributed by atoms with Crippen molar-refractivity contribution in [2.75, 3.05) is 5.32 Å². The molecule has 1 aromatic carbocycles. The summed E-state index contributed by atoms with van der Waals surface area (Å²) in [4.78, 5) is 24.0. The molecule has 0 bridgehead atoms. The van der Waals surface area contributed by atoms with Gasteiger partial charge in [-0.1, -0.05) is 25.5 Å². The summed E-state index contributed by atoms with van der Waals surface area (Å²) in [5.74, 6) is -1.53. The SMILES string of the molecule is CCCCc1c(C)sc2c1C(c1cccc([N+](=O)[O-])c1)C(C(=O)O)=C(C)N2. The van der Waals surface area contributed by atoms with Crippen LogP contribution < -0.4 is 5.32 Å². The van der Waals surface area contributed by atoms with Crippen LogP contribution in [0.2, 0.25) is 0 Å². The number of aryl methyl sites for hydroxylation is 1. The Balaban J connectivity index is 2.24. The van der Waals surface area contributed by atoms with Gasteiger partial charge >= 0.3 is 5.97 Å². The van der Waals surface area contributed by atoms with Crippen LogP contribution in [0.5, 0.6) is 0 Å². The molecule has 0 fully saturated rings. The van der Waals surface area contributed by atoms with Crippen LogP contribution in [0.25, 0.3) is 0 Å². The Bertz CT molecular complexity index is 945. The fraction of sp³-hybridized carbons (Fsp3) is 0.350. The first-order valence-electron chi connectivity index (χ1n) is 8.92. The molecule has 2 heterocycles. The lowest BCUT2D eigenvalue weighted by molar-refractivity contribution is -0.384. The number of carbonyl (C=O) groups is 1. The minimum atomic E-state index is -1.01. The monoisotopic (exact) mass is 386 g/mol. The van der Waals surface area contributed by atoms with E-state index >= 15 is 0 Å². The largest absolute Gasteiger partial charge is 0.478 e. The summed E-state index contributed by atoms with van der Waals surface area (Å²) in [5, 5.41) is 25.3. The van der Waals surface area contributed by atoms with Gasteiger partial charge in [0.25, 0.3) is 5.69 Å². The topological polar surface area (TPSA) is 92.5 Å². The van der Waals surface area contributed by atoms with Crippen molar-refractivity contribution >= 4 is 28.0 Å². The van der Waals surface area contributed by atoms with Gasteiger partial charge in [-0.15, -0.1) is 11.3 Å². The number of fused-ring (bicyclic) bond motifs is 1. The molecule has 0 amide bonds. The van der Waals surface area contributed by atoms with Crippen LogP contribution >= 0.6 is 11.3 Å². The zero-order valence-corrected chi connectivity index (χ0v) is 16.4. The second-order valence-electron chi connectivity index (χ2n) is 6.74. The summed E-state index contributed by atoms with van der Waals surface area (Å²) in [6.07, 6.45) is 2.92. The summed E-state index contributed by atoms with van der Waals surface area (Å²) >= 11 is 1.62. The fourth-order valence-corrected chi connectivity index (χ4v) is 4.89. The number of anilines is 1. The number of nitrogens with zero attached hydrogens (tertiary/aromatic N) is 1. The first-order valence-corrected chi connectivity index (χ1v) is 9.74. The Morgan fingerprint density at radius 2 is 2.11 bits per heavy atom. The number of carboxylic acid groups (broad SMARTS) is 1. The molecule has 1 atom stereocenters. The van der Waals surface area contributed by atoms with Gasteiger partial charge in [-0.2, -0.15) is 0 Å². The highest BCUT2D eigenvalue weighted by Crippen LogP contribution is 2.49. The van der Waals surface area contributed by atoms with Gasteiger partial charge in [-0.25, -0.2) is 4.79 Å². The number of hydrogen-bond acceptors (Lipinski definition) is 5. The highest BCUT2D eigenvalue weighted by molar-refractivity contribution is 7.16. The van der Waals surface area contributed by atoms with Crippen molar-refractivity contribution < 1.29 is 14.8 Å². The molecule has 1 aromatic heterocycles. The van der Waals surface area contributed by atoms with Gasteiger partial charge in [0.2, 0.25) is 0 Å². The van der Waals surface area contributed by atoms with E-state index in [0.29, 0.717) is 11.3 Å². The summed E-state index contributed by atoms with van der Waals surface area (Å²) < 4.78 is 0. The maximum atomic E-state index is 12.1. The Kier molecular flexibility index (Phi) is 5.32. The predicted molar refractivity (Wildman–Crippen MR) is 107 cm³/mol. The summed E-state index contributed by atoms with van der Waals surface area (Å²) in [6.45, 7) is 5.92. The molecule has 0 radical (unpaired) electrons. The van der Waals surface area contributed by atoms with Gasteiger partial charge < -0.3 is 10.4 Å². The second kappa shape index (κ2) is 7.52. The van der Waals surface area contributed by atoms with E-state index in [4.69, 9.17) is 0 Å². The molecule has 0 spiro atoms.